The number of sulfonamides is 1. The largest absolute Gasteiger partial charge is 0.360 e. The van der Waals surface area contributed by atoms with E-state index in [0.717, 1.165) is 24.2 Å². The molecule has 0 aromatic carbocycles. The Kier molecular flexibility index (Phi) is 3.84. The highest BCUT2D eigenvalue weighted by Gasteiger charge is 2.54. The Hall–Kier alpha value is -0.880. The highest BCUT2D eigenvalue weighted by molar-refractivity contribution is 7.89. The van der Waals surface area contributed by atoms with Crippen molar-refractivity contribution in [1.82, 2.24) is 9.88 Å². The molecule has 0 aliphatic heterocycles. The summed E-state index contributed by atoms with van der Waals surface area (Å²) in [5, 5.41) is 3.81. The van der Waals surface area contributed by atoms with Gasteiger partial charge in [0.2, 0.25) is 10.0 Å². The zero-order chi connectivity index (χ0) is 17.1. The lowest BCUT2D eigenvalue weighted by Gasteiger charge is -2.59. The van der Waals surface area contributed by atoms with Crippen LogP contribution in [0.15, 0.2) is 9.42 Å². The number of hydrogen-bond donors (Lipinski definition) is 1. The van der Waals surface area contributed by atoms with E-state index in [-0.39, 0.29) is 16.4 Å². The van der Waals surface area contributed by atoms with Crippen LogP contribution in [0.25, 0.3) is 0 Å². The summed E-state index contributed by atoms with van der Waals surface area (Å²) in [5.41, 5.74) is 0.607. The maximum atomic E-state index is 13.0. The highest BCUT2D eigenvalue weighted by Crippen LogP contribution is 2.61. The lowest BCUT2D eigenvalue weighted by Crippen LogP contribution is -2.56. The van der Waals surface area contributed by atoms with Crippen molar-refractivity contribution in [1.29, 1.82) is 0 Å². The van der Waals surface area contributed by atoms with Crippen molar-refractivity contribution in [2.45, 2.75) is 76.7 Å². The van der Waals surface area contributed by atoms with Crippen LogP contribution in [0.1, 0.15) is 63.3 Å². The molecule has 6 heteroatoms. The molecule has 4 aliphatic carbocycles. The summed E-state index contributed by atoms with van der Waals surface area (Å²) >= 11 is 0. The lowest BCUT2D eigenvalue weighted by molar-refractivity contribution is -0.0704. The number of aromatic nitrogens is 1. The van der Waals surface area contributed by atoms with Gasteiger partial charge in [0.1, 0.15) is 10.6 Å². The molecule has 24 heavy (non-hydrogen) atoms. The molecular formula is C18H28N2O3S. The summed E-state index contributed by atoms with van der Waals surface area (Å²) in [7, 11) is -3.59. The summed E-state index contributed by atoms with van der Waals surface area (Å²) in [6.45, 7) is 5.47. The summed E-state index contributed by atoms with van der Waals surface area (Å²) < 4.78 is 34.1. The van der Waals surface area contributed by atoms with Gasteiger partial charge in [0.05, 0.1) is 0 Å². The Morgan fingerprint density at radius 2 is 1.71 bits per heavy atom. The zero-order valence-corrected chi connectivity index (χ0v) is 15.7. The van der Waals surface area contributed by atoms with Gasteiger partial charge in [-0.1, -0.05) is 12.1 Å². The van der Waals surface area contributed by atoms with Gasteiger partial charge in [-0.3, -0.25) is 0 Å². The fourth-order valence-corrected chi connectivity index (χ4v) is 8.10. The van der Waals surface area contributed by atoms with E-state index in [9.17, 15) is 8.42 Å². The fraction of sp³-hybridized carbons (Fsp3) is 0.833. The molecule has 5 rings (SSSR count). The molecule has 4 bridgehead atoms. The molecule has 4 fully saturated rings. The van der Waals surface area contributed by atoms with E-state index in [1.807, 2.05) is 0 Å². The van der Waals surface area contributed by atoms with Crippen molar-refractivity contribution in [2.75, 3.05) is 0 Å². The number of nitrogens with one attached hydrogen (secondary N) is 1. The van der Waals surface area contributed by atoms with Gasteiger partial charge in [0.25, 0.3) is 0 Å². The maximum Gasteiger partial charge on any atom is 0.246 e. The third-order valence-electron chi connectivity index (χ3n) is 6.77. The molecule has 134 valence electrons. The molecular weight excluding hydrogens is 324 g/mol. The van der Waals surface area contributed by atoms with Crippen molar-refractivity contribution in [3.8, 4) is 0 Å². The van der Waals surface area contributed by atoms with Gasteiger partial charge < -0.3 is 4.52 Å². The Labute approximate surface area is 144 Å². The van der Waals surface area contributed by atoms with E-state index in [1.54, 1.807) is 13.8 Å². The second-order valence-electron chi connectivity index (χ2n) is 8.52. The molecule has 1 N–H and O–H groups in total. The van der Waals surface area contributed by atoms with E-state index in [4.69, 9.17) is 4.52 Å². The van der Waals surface area contributed by atoms with E-state index in [1.165, 1.54) is 38.5 Å². The summed E-state index contributed by atoms with van der Waals surface area (Å²) in [6, 6.07) is 0.0181. The van der Waals surface area contributed by atoms with Crippen LogP contribution in [0.2, 0.25) is 0 Å². The molecule has 1 aromatic heterocycles. The smallest absolute Gasteiger partial charge is 0.246 e. The molecule has 5 nitrogen and oxygen atoms in total. The van der Waals surface area contributed by atoms with Crippen molar-refractivity contribution < 1.29 is 12.9 Å². The standard InChI is InChI=1S/C18H28N2O3S/c1-4-16(20-24(21,22)17-11(2)19-23-12(17)3)18-8-13-5-14(9-18)7-15(6-13)10-18/h13-16,20H,4-10H2,1-3H3/t13?,14?,15?,16-,18?/m1/s1. The van der Waals surface area contributed by atoms with Crippen molar-refractivity contribution >= 4 is 10.0 Å². The van der Waals surface area contributed by atoms with Gasteiger partial charge in [-0.15, -0.1) is 0 Å². The Balaban J connectivity index is 1.63. The number of hydrogen-bond acceptors (Lipinski definition) is 4. The maximum absolute atomic E-state index is 13.0. The van der Waals surface area contributed by atoms with Gasteiger partial charge in [-0.2, -0.15) is 0 Å². The van der Waals surface area contributed by atoms with Crippen molar-refractivity contribution in [3.05, 3.63) is 11.5 Å². The van der Waals surface area contributed by atoms with Gasteiger partial charge in [-0.25, -0.2) is 13.1 Å². The van der Waals surface area contributed by atoms with Crippen molar-refractivity contribution in [3.63, 3.8) is 0 Å². The van der Waals surface area contributed by atoms with Crippen LogP contribution >= 0.6 is 0 Å². The second-order valence-corrected chi connectivity index (χ2v) is 10.2. The predicted molar refractivity (Wildman–Crippen MR) is 91.0 cm³/mol. The number of nitrogens with zero attached hydrogens (tertiary/aromatic N) is 1. The first kappa shape index (κ1) is 16.6. The average molecular weight is 353 g/mol. The van der Waals surface area contributed by atoms with E-state index in [2.05, 4.69) is 16.8 Å². The molecule has 4 saturated carbocycles. The van der Waals surface area contributed by atoms with E-state index in [0.29, 0.717) is 11.5 Å². The minimum absolute atomic E-state index is 0.0181. The van der Waals surface area contributed by atoms with Crippen LogP contribution in [-0.4, -0.2) is 19.6 Å². The molecule has 0 spiro atoms. The summed E-state index contributed by atoms with van der Waals surface area (Å²) in [6.07, 6.45) is 8.53. The molecule has 1 heterocycles. The third-order valence-corrected chi connectivity index (χ3v) is 8.48. The first-order valence-electron chi connectivity index (χ1n) is 9.28. The lowest BCUT2D eigenvalue weighted by atomic mass is 9.47. The van der Waals surface area contributed by atoms with Gasteiger partial charge in [-0.05, 0) is 82.0 Å². The fourth-order valence-electron chi connectivity index (χ4n) is 6.35. The van der Waals surface area contributed by atoms with Crippen LogP contribution in [0.5, 0.6) is 0 Å². The second kappa shape index (κ2) is 5.56. The van der Waals surface area contributed by atoms with Crippen LogP contribution in [-0.2, 0) is 10.0 Å². The Morgan fingerprint density at radius 1 is 1.17 bits per heavy atom. The molecule has 0 saturated heterocycles. The quantitative estimate of drug-likeness (QED) is 0.879. The van der Waals surface area contributed by atoms with Crippen molar-refractivity contribution in [2.24, 2.45) is 23.2 Å². The van der Waals surface area contributed by atoms with Gasteiger partial charge >= 0.3 is 0 Å². The van der Waals surface area contributed by atoms with Crippen LogP contribution in [0.4, 0.5) is 0 Å². The van der Waals surface area contributed by atoms with Gasteiger partial charge in [0, 0.05) is 6.04 Å². The summed E-state index contributed by atoms with van der Waals surface area (Å²) in [4.78, 5) is 0.227. The number of rotatable bonds is 5. The van der Waals surface area contributed by atoms with Crippen LogP contribution < -0.4 is 4.72 Å². The summed E-state index contributed by atoms with van der Waals surface area (Å²) in [5.74, 6) is 2.82. The topological polar surface area (TPSA) is 72.2 Å². The average Bonchev–Trinajstić information content (AvgIpc) is 2.83. The van der Waals surface area contributed by atoms with Crippen LogP contribution in [0.3, 0.4) is 0 Å². The molecule has 0 amide bonds. The minimum atomic E-state index is -3.59. The molecule has 4 aliphatic rings. The SMILES string of the molecule is CC[C@@H](NS(=O)(=O)c1c(C)noc1C)C12CC3CC(CC(C3)C1)C2. The first-order chi connectivity index (χ1) is 11.3. The molecule has 1 aromatic rings. The third kappa shape index (κ3) is 2.53. The first-order valence-corrected chi connectivity index (χ1v) is 10.8. The number of aryl methyl sites for hydroxylation is 2. The minimum Gasteiger partial charge on any atom is -0.360 e. The predicted octanol–water partition coefficient (Wildman–Crippen LogP) is 3.56. The van der Waals surface area contributed by atoms with E-state index >= 15 is 0 Å². The zero-order valence-electron chi connectivity index (χ0n) is 14.8. The molecule has 1 atom stereocenters. The van der Waals surface area contributed by atoms with Gasteiger partial charge in [0.15, 0.2) is 5.76 Å². The molecule has 0 radical (unpaired) electrons. The monoisotopic (exact) mass is 352 g/mol. The van der Waals surface area contributed by atoms with E-state index < -0.39 is 10.0 Å². The van der Waals surface area contributed by atoms with Crippen LogP contribution in [0, 0.1) is 37.0 Å². The highest BCUT2D eigenvalue weighted by atomic mass is 32.2. The Morgan fingerprint density at radius 3 is 2.12 bits per heavy atom. The molecule has 0 unspecified atom stereocenters. The Bertz CT molecular complexity index is 683. The normalized spacial score (nSPS) is 36.2.